The topological polar surface area (TPSA) is 63.7 Å². The highest BCUT2D eigenvalue weighted by Crippen LogP contribution is 2.27. The highest BCUT2D eigenvalue weighted by atomic mass is 19.1. The Balaban J connectivity index is 1.57. The molecule has 1 aliphatic heterocycles. The maximum Gasteiger partial charge on any atom is 0.311 e. The van der Waals surface area contributed by atoms with Crippen LogP contribution in [0.3, 0.4) is 0 Å². The highest BCUT2D eigenvalue weighted by molar-refractivity contribution is 6.01. The van der Waals surface area contributed by atoms with Crippen LogP contribution in [0.4, 0.5) is 10.1 Å². The number of halogens is 1. The maximum absolute atomic E-state index is 13.9. The quantitative estimate of drug-likeness (QED) is 0.580. The molecule has 2 aromatic carbocycles. The molecule has 1 amide bonds. The molecular weight excluding hydrogens is 349 g/mol. The number of rotatable bonds is 6. The molecule has 0 aromatic heterocycles. The number of carbonyl (C=O) groups is 3. The van der Waals surface area contributed by atoms with Gasteiger partial charge in [-0.25, -0.2) is 4.39 Å². The molecule has 1 fully saturated rings. The van der Waals surface area contributed by atoms with Crippen LogP contribution in [0.5, 0.6) is 0 Å². The summed E-state index contributed by atoms with van der Waals surface area (Å²) in [4.78, 5) is 37.8. The van der Waals surface area contributed by atoms with Crippen molar-refractivity contribution in [2.45, 2.75) is 19.8 Å². The molecule has 27 heavy (non-hydrogen) atoms. The number of aryl methyl sites for hydroxylation is 1. The first-order valence-corrected chi connectivity index (χ1v) is 8.83. The fourth-order valence-corrected chi connectivity index (χ4v) is 3.03. The summed E-state index contributed by atoms with van der Waals surface area (Å²) in [6.07, 6.45) is 0.810. The third kappa shape index (κ3) is 4.22. The molecule has 0 radical (unpaired) electrons. The monoisotopic (exact) mass is 369 g/mol. The number of hydrogen-bond acceptors (Lipinski definition) is 4. The summed E-state index contributed by atoms with van der Waals surface area (Å²) in [6.45, 7) is 1.68. The lowest BCUT2D eigenvalue weighted by Crippen LogP contribution is -2.27. The van der Waals surface area contributed by atoms with Crippen LogP contribution in [0.25, 0.3) is 0 Å². The first kappa shape index (κ1) is 18.8. The molecule has 0 saturated carbocycles. The number of ether oxygens (including phenoxy) is 1. The van der Waals surface area contributed by atoms with Gasteiger partial charge in [0.1, 0.15) is 5.82 Å². The van der Waals surface area contributed by atoms with Crippen LogP contribution in [0.2, 0.25) is 0 Å². The van der Waals surface area contributed by atoms with Crippen molar-refractivity contribution in [2.24, 2.45) is 5.92 Å². The van der Waals surface area contributed by atoms with Crippen molar-refractivity contribution in [1.82, 2.24) is 0 Å². The van der Waals surface area contributed by atoms with Gasteiger partial charge in [0.05, 0.1) is 11.6 Å². The SMILES string of the molecule is CCc1ccc(C(=O)COC(=O)[C@H]2CC(=O)N(c3ccccc3F)C2)cc1. The lowest BCUT2D eigenvalue weighted by molar-refractivity contribution is -0.147. The number of anilines is 1. The van der Waals surface area contributed by atoms with Crippen LogP contribution in [-0.2, 0) is 20.7 Å². The number of para-hydroxylation sites is 1. The molecule has 0 spiro atoms. The van der Waals surface area contributed by atoms with Crippen molar-refractivity contribution in [3.8, 4) is 0 Å². The second kappa shape index (κ2) is 8.12. The Kier molecular flexibility index (Phi) is 5.64. The predicted octanol–water partition coefficient (Wildman–Crippen LogP) is 3.17. The fourth-order valence-electron chi connectivity index (χ4n) is 3.03. The number of amides is 1. The van der Waals surface area contributed by atoms with Crippen molar-refractivity contribution in [1.29, 1.82) is 0 Å². The van der Waals surface area contributed by atoms with Crippen molar-refractivity contribution in [3.63, 3.8) is 0 Å². The molecular formula is C21H20FNO4. The average Bonchev–Trinajstić information content (AvgIpc) is 3.08. The van der Waals surface area contributed by atoms with Gasteiger partial charge in [-0.1, -0.05) is 43.3 Å². The average molecular weight is 369 g/mol. The minimum atomic E-state index is -0.715. The summed E-state index contributed by atoms with van der Waals surface area (Å²) in [7, 11) is 0. The third-order valence-corrected chi connectivity index (χ3v) is 4.63. The first-order valence-electron chi connectivity index (χ1n) is 8.83. The largest absolute Gasteiger partial charge is 0.457 e. The summed E-state index contributed by atoms with van der Waals surface area (Å²) in [5.74, 6) is -2.51. The van der Waals surface area contributed by atoms with Gasteiger partial charge in [0, 0.05) is 18.5 Å². The van der Waals surface area contributed by atoms with E-state index in [4.69, 9.17) is 4.74 Å². The zero-order valence-electron chi connectivity index (χ0n) is 15.0. The molecule has 0 N–H and O–H groups in total. The normalized spacial score (nSPS) is 16.4. The Labute approximate surface area is 156 Å². The minimum Gasteiger partial charge on any atom is -0.457 e. The number of Topliss-reactive ketones (excluding diaryl/α,β-unsaturated/α-hetero) is 1. The summed E-state index contributed by atoms with van der Waals surface area (Å²) in [5, 5.41) is 0. The van der Waals surface area contributed by atoms with Gasteiger partial charge in [-0.3, -0.25) is 14.4 Å². The molecule has 1 heterocycles. The zero-order chi connectivity index (χ0) is 19.4. The number of ketones is 1. The van der Waals surface area contributed by atoms with Crippen molar-refractivity contribution >= 4 is 23.3 Å². The van der Waals surface area contributed by atoms with Crippen molar-refractivity contribution < 1.29 is 23.5 Å². The molecule has 6 heteroatoms. The Morgan fingerprint density at radius 3 is 2.52 bits per heavy atom. The predicted molar refractivity (Wildman–Crippen MR) is 98.0 cm³/mol. The molecule has 0 unspecified atom stereocenters. The van der Waals surface area contributed by atoms with Crippen LogP contribution in [0.15, 0.2) is 48.5 Å². The van der Waals surface area contributed by atoms with E-state index in [0.717, 1.165) is 12.0 Å². The van der Waals surface area contributed by atoms with E-state index in [2.05, 4.69) is 0 Å². The number of benzene rings is 2. The first-order chi connectivity index (χ1) is 13.0. The molecule has 140 valence electrons. The summed E-state index contributed by atoms with van der Waals surface area (Å²) >= 11 is 0. The standard InChI is InChI=1S/C21H20FNO4/c1-2-14-7-9-15(10-8-14)19(24)13-27-21(26)16-11-20(25)23(12-16)18-6-4-3-5-17(18)22/h3-10,16H,2,11-13H2,1H3/t16-/m0/s1. The molecule has 1 saturated heterocycles. The molecule has 5 nitrogen and oxygen atoms in total. The molecule has 0 aliphatic carbocycles. The molecule has 1 atom stereocenters. The van der Waals surface area contributed by atoms with E-state index in [0.29, 0.717) is 5.56 Å². The van der Waals surface area contributed by atoms with Gasteiger partial charge in [0.2, 0.25) is 5.91 Å². The van der Waals surface area contributed by atoms with Crippen LogP contribution in [-0.4, -0.2) is 30.8 Å². The van der Waals surface area contributed by atoms with E-state index in [1.807, 2.05) is 19.1 Å². The van der Waals surface area contributed by atoms with Gasteiger partial charge >= 0.3 is 5.97 Å². The van der Waals surface area contributed by atoms with E-state index < -0.39 is 17.7 Å². The van der Waals surface area contributed by atoms with Crippen LogP contribution >= 0.6 is 0 Å². The van der Waals surface area contributed by atoms with E-state index in [-0.39, 0.29) is 37.0 Å². The Bertz CT molecular complexity index is 863. The molecule has 3 rings (SSSR count). The molecule has 0 bridgehead atoms. The van der Waals surface area contributed by atoms with E-state index >= 15 is 0 Å². The van der Waals surface area contributed by atoms with Gasteiger partial charge in [-0.2, -0.15) is 0 Å². The number of hydrogen-bond donors (Lipinski definition) is 0. The van der Waals surface area contributed by atoms with E-state index in [9.17, 15) is 18.8 Å². The number of esters is 1. The second-order valence-electron chi connectivity index (χ2n) is 6.44. The van der Waals surface area contributed by atoms with Crippen LogP contribution in [0.1, 0.15) is 29.3 Å². The highest BCUT2D eigenvalue weighted by Gasteiger charge is 2.37. The number of carbonyl (C=O) groups excluding carboxylic acids is 3. The van der Waals surface area contributed by atoms with Gasteiger partial charge in [-0.15, -0.1) is 0 Å². The number of nitrogens with zero attached hydrogens (tertiary/aromatic N) is 1. The van der Waals surface area contributed by atoms with E-state index in [1.165, 1.54) is 23.1 Å². The Hall–Kier alpha value is -3.02. The van der Waals surface area contributed by atoms with Crippen LogP contribution < -0.4 is 4.90 Å². The zero-order valence-corrected chi connectivity index (χ0v) is 15.0. The van der Waals surface area contributed by atoms with Gasteiger partial charge < -0.3 is 9.64 Å². The lowest BCUT2D eigenvalue weighted by atomic mass is 10.1. The Morgan fingerprint density at radius 2 is 1.85 bits per heavy atom. The van der Waals surface area contributed by atoms with Gasteiger partial charge in [-0.05, 0) is 24.1 Å². The smallest absolute Gasteiger partial charge is 0.311 e. The fraction of sp³-hybridized carbons (Fsp3) is 0.286. The lowest BCUT2D eigenvalue weighted by Gasteiger charge is -2.17. The van der Waals surface area contributed by atoms with E-state index in [1.54, 1.807) is 18.2 Å². The molecule has 1 aliphatic rings. The van der Waals surface area contributed by atoms with Crippen LogP contribution in [0, 0.1) is 11.7 Å². The van der Waals surface area contributed by atoms with Gasteiger partial charge in [0.15, 0.2) is 12.4 Å². The summed E-state index contributed by atoms with van der Waals surface area (Å²) in [5.41, 5.74) is 1.72. The molecule has 2 aromatic rings. The summed E-state index contributed by atoms with van der Waals surface area (Å²) < 4.78 is 19.0. The second-order valence-corrected chi connectivity index (χ2v) is 6.44. The van der Waals surface area contributed by atoms with Gasteiger partial charge in [0.25, 0.3) is 0 Å². The Morgan fingerprint density at radius 1 is 1.15 bits per heavy atom. The third-order valence-electron chi connectivity index (χ3n) is 4.63. The van der Waals surface area contributed by atoms with Crippen molar-refractivity contribution in [2.75, 3.05) is 18.1 Å². The summed E-state index contributed by atoms with van der Waals surface area (Å²) in [6, 6.07) is 13.0. The van der Waals surface area contributed by atoms with Crippen molar-refractivity contribution in [3.05, 3.63) is 65.5 Å². The maximum atomic E-state index is 13.9. The minimum absolute atomic E-state index is 0.0397.